The Hall–Kier alpha value is -8.02. The molecule has 4 nitrogen and oxygen atoms in total. The summed E-state index contributed by atoms with van der Waals surface area (Å²) in [6.45, 7) is 26.1. The van der Waals surface area contributed by atoms with E-state index in [4.69, 9.17) is 9.15 Å². The molecule has 0 bridgehead atoms. The van der Waals surface area contributed by atoms with Gasteiger partial charge in [-0.05, 0) is 126 Å². The minimum atomic E-state index is -0.238. The summed E-state index contributed by atoms with van der Waals surface area (Å²) < 4.78 is 16.8. The Morgan fingerprint density at radius 2 is 1.17 bits per heavy atom. The largest absolute Gasteiger partial charge is 0.488 e. The molecule has 9 aromatic carbocycles. The predicted octanol–water partition coefficient (Wildman–Crippen LogP) is 17.7. The van der Waals surface area contributed by atoms with Crippen LogP contribution in [0.25, 0.3) is 94.3 Å². The molecular weight excluding hydrogens is 936 g/mol. The number of nitrogens with one attached hydrogen (secondary N) is 1. The van der Waals surface area contributed by atoms with Gasteiger partial charge in [-0.3, -0.25) is 0 Å². The molecule has 0 fully saturated rings. The van der Waals surface area contributed by atoms with Gasteiger partial charge >= 0.3 is 0 Å². The summed E-state index contributed by atoms with van der Waals surface area (Å²) in [7, 11) is 0.699. The fourth-order valence-corrected chi connectivity index (χ4v) is 13.2. The third-order valence-corrected chi connectivity index (χ3v) is 17.4. The van der Waals surface area contributed by atoms with E-state index in [9.17, 15) is 0 Å². The number of anilines is 2. The number of aromatic nitrogens is 1. The van der Waals surface area contributed by atoms with Crippen molar-refractivity contribution in [1.29, 1.82) is 0 Å². The van der Waals surface area contributed by atoms with E-state index in [2.05, 4.69) is 256 Å². The van der Waals surface area contributed by atoms with Crippen LogP contribution in [0.15, 0.2) is 174 Å². The van der Waals surface area contributed by atoms with Crippen molar-refractivity contribution >= 4 is 62.4 Å². The summed E-state index contributed by atoms with van der Waals surface area (Å²) in [5.74, 6) is 1.80. The quantitative estimate of drug-likeness (QED) is 0.175. The fraction of sp³-hybridized carbons (Fsp3) is 0.222. The Bertz CT molecular complexity index is 4270. The van der Waals surface area contributed by atoms with E-state index in [1.165, 1.54) is 99.6 Å². The van der Waals surface area contributed by atoms with Gasteiger partial charge in [0.1, 0.15) is 23.7 Å². The Morgan fingerprint density at radius 3 is 1.88 bits per heavy atom. The zero-order valence-corrected chi connectivity index (χ0v) is 46.3. The van der Waals surface area contributed by atoms with Gasteiger partial charge in [-0.15, -0.1) is 0 Å². The first kappa shape index (κ1) is 47.4. The molecule has 0 atom stereocenters. The van der Waals surface area contributed by atoms with Gasteiger partial charge in [0.05, 0.1) is 5.52 Å². The van der Waals surface area contributed by atoms with Crippen molar-refractivity contribution in [2.75, 3.05) is 5.32 Å². The molecule has 0 saturated carbocycles. The molecule has 1 aliphatic carbocycles. The van der Waals surface area contributed by atoms with Crippen LogP contribution in [0, 0.1) is 0 Å². The summed E-state index contributed by atoms with van der Waals surface area (Å²) in [4.78, 5) is 0. The van der Waals surface area contributed by atoms with Crippen LogP contribution in [0.4, 0.5) is 11.4 Å². The average Bonchev–Trinajstić information content (AvgIpc) is 4.21. The Balaban J connectivity index is 1.12. The van der Waals surface area contributed by atoms with Gasteiger partial charge in [0, 0.05) is 77.5 Å². The zero-order valence-electron chi connectivity index (χ0n) is 46.3. The van der Waals surface area contributed by atoms with E-state index in [1.54, 1.807) is 0 Å². The van der Waals surface area contributed by atoms with E-state index in [-0.39, 0.29) is 21.7 Å². The number of ether oxygens (including phenoxy) is 1. The highest BCUT2D eigenvalue weighted by molar-refractivity contribution is 6.74. The maximum atomic E-state index is 7.14. The summed E-state index contributed by atoms with van der Waals surface area (Å²) >= 11 is 0. The number of furan rings is 1. The van der Waals surface area contributed by atoms with Gasteiger partial charge in [0.15, 0.2) is 7.28 Å². The van der Waals surface area contributed by atoms with E-state index in [1.807, 2.05) is 0 Å². The van der Waals surface area contributed by atoms with Crippen molar-refractivity contribution in [3.05, 3.63) is 203 Å². The molecule has 2 aromatic heterocycles. The third kappa shape index (κ3) is 7.26. The second-order valence-electron chi connectivity index (χ2n) is 25.8. The van der Waals surface area contributed by atoms with Crippen LogP contribution in [0.1, 0.15) is 110 Å². The van der Waals surface area contributed by atoms with Gasteiger partial charge in [-0.25, -0.2) is 0 Å². The lowest BCUT2D eigenvalue weighted by molar-refractivity contribution is 0.303. The molecule has 1 N–H and O–H groups in total. The lowest BCUT2D eigenvalue weighted by Gasteiger charge is -2.31. The SMILES string of the molecule is CC(C)(C)c1ccc(Nc2cc3c(cc2-c2c4c(c5c6cc(C(C)(C)C)ccc6n6c5c2Bc2cc5oc(-c7ccccc7)c(-c7ccccc7)c5cc2-6)-c2ccccc2OC4)-c2ccc(C(C)(C)C)cc2C3(C)C)cc1. The molecule has 3 aliphatic rings. The smallest absolute Gasteiger partial charge is 0.198 e. The highest BCUT2D eigenvalue weighted by Crippen LogP contribution is 2.56. The summed E-state index contributed by atoms with van der Waals surface area (Å²) in [5.41, 5.74) is 27.6. The molecular formula is C72H65BN2O2. The lowest BCUT2D eigenvalue weighted by atomic mass is 9.57. The highest BCUT2D eigenvalue weighted by atomic mass is 16.5. The normalized spacial score (nSPS) is 14.2. The van der Waals surface area contributed by atoms with Crippen LogP contribution >= 0.6 is 0 Å². The first-order valence-electron chi connectivity index (χ1n) is 27.6. The first-order valence-corrected chi connectivity index (χ1v) is 27.6. The molecule has 378 valence electrons. The molecule has 11 aromatic rings. The number of benzene rings is 9. The number of fused-ring (bicyclic) bond motifs is 13. The Kier molecular flexibility index (Phi) is 10.2. The van der Waals surface area contributed by atoms with Crippen LogP contribution in [-0.4, -0.2) is 11.8 Å². The minimum absolute atomic E-state index is 0.0141. The third-order valence-electron chi connectivity index (χ3n) is 17.4. The van der Waals surface area contributed by atoms with Crippen molar-refractivity contribution in [3.8, 4) is 67.3 Å². The van der Waals surface area contributed by atoms with Gasteiger partial charge < -0.3 is 19.0 Å². The summed E-state index contributed by atoms with van der Waals surface area (Å²) in [6, 6.07) is 63.5. The molecule has 0 amide bonds. The molecule has 4 heterocycles. The predicted molar refractivity (Wildman–Crippen MR) is 326 cm³/mol. The summed E-state index contributed by atoms with van der Waals surface area (Å²) in [5, 5.41) is 7.77. The number of nitrogens with zero attached hydrogens (tertiary/aromatic N) is 1. The van der Waals surface area contributed by atoms with Gasteiger partial charge in [0.25, 0.3) is 0 Å². The second-order valence-corrected chi connectivity index (χ2v) is 25.8. The molecule has 5 heteroatoms. The number of rotatable bonds is 5. The van der Waals surface area contributed by atoms with Crippen LogP contribution in [0.3, 0.4) is 0 Å². The number of hydrogen-bond acceptors (Lipinski definition) is 3. The van der Waals surface area contributed by atoms with Crippen LogP contribution < -0.4 is 21.0 Å². The highest BCUT2D eigenvalue weighted by Gasteiger charge is 2.40. The Labute approximate surface area is 454 Å². The van der Waals surface area contributed by atoms with E-state index >= 15 is 0 Å². The maximum absolute atomic E-state index is 7.14. The van der Waals surface area contributed by atoms with E-state index < -0.39 is 0 Å². The van der Waals surface area contributed by atoms with Crippen molar-refractivity contribution in [1.82, 2.24) is 4.57 Å². The van der Waals surface area contributed by atoms with E-state index in [0.29, 0.717) is 13.9 Å². The maximum Gasteiger partial charge on any atom is 0.198 e. The molecule has 0 radical (unpaired) electrons. The topological polar surface area (TPSA) is 39.3 Å². The number of para-hydroxylation sites is 1. The molecule has 0 saturated heterocycles. The molecule has 77 heavy (non-hydrogen) atoms. The molecule has 2 aliphatic heterocycles. The van der Waals surface area contributed by atoms with Crippen LogP contribution in [0.5, 0.6) is 5.75 Å². The zero-order chi connectivity index (χ0) is 53.1. The van der Waals surface area contributed by atoms with Gasteiger partial charge in [0.2, 0.25) is 0 Å². The lowest BCUT2D eigenvalue weighted by Crippen LogP contribution is -2.38. The number of hydrogen-bond donors (Lipinski definition) is 1. The first-order chi connectivity index (χ1) is 36.8. The minimum Gasteiger partial charge on any atom is -0.488 e. The van der Waals surface area contributed by atoms with Crippen molar-refractivity contribution in [2.24, 2.45) is 0 Å². The van der Waals surface area contributed by atoms with Crippen molar-refractivity contribution < 1.29 is 9.15 Å². The Morgan fingerprint density at radius 1 is 0.532 bits per heavy atom. The van der Waals surface area contributed by atoms with Gasteiger partial charge in [-0.2, -0.15) is 0 Å². The standard InChI is InChI=1S/C72H65BN2O2/c1-69(2,3)43-26-30-46(31-27-43)74-57-38-55-49(47-32-28-45(71(7,8)9)35-54(47)72(55,10)11)36-50(57)64-53-40-76-60-25-19-18-24-48(60)63(53)65-51-34-44(70(4,5)6)29-33-58(51)75-59-37-52-61(39-56(59)73-66(64)67(65)75)77-68(42-22-16-13-17-23-42)62(52)41-20-14-12-15-21-41/h12-39,73-74H,40H2,1-11H3. The van der Waals surface area contributed by atoms with Gasteiger partial charge in [-0.1, -0.05) is 197 Å². The summed E-state index contributed by atoms with van der Waals surface area (Å²) in [6.07, 6.45) is 0. The molecule has 14 rings (SSSR count). The molecule has 0 unspecified atom stereocenters. The molecule has 0 spiro atoms. The average molecular weight is 1000 g/mol. The monoisotopic (exact) mass is 1000 g/mol. The fourth-order valence-electron chi connectivity index (χ4n) is 13.2. The van der Waals surface area contributed by atoms with Crippen LogP contribution in [-0.2, 0) is 28.3 Å². The second kappa shape index (κ2) is 16.5. The van der Waals surface area contributed by atoms with Crippen LogP contribution in [0.2, 0.25) is 0 Å². The van der Waals surface area contributed by atoms with Crippen molar-refractivity contribution in [2.45, 2.75) is 104 Å². The van der Waals surface area contributed by atoms with E-state index in [0.717, 1.165) is 56.1 Å². The van der Waals surface area contributed by atoms with Crippen molar-refractivity contribution in [3.63, 3.8) is 0 Å².